The Kier molecular flexibility index (Phi) is 5.36. The van der Waals surface area contributed by atoms with E-state index in [1.807, 2.05) is 6.92 Å². The third-order valence-corrected chi connectivity index (χ3v) is 4.42. The predicted molar refractivity (Wildman–Crippen MR) is 92.6 cm³/mol. The highest BCUT2D eigenvalue weighted by atomic mass is 19.4. The Bertz CT molecular complexity index is 787. The molecule has 0 radical (unpaired) electrons. The van der Waals surface area contributed by atoms with Crippen LogP contribution < -0.4 is 10.2 Å². The monoisotopic (exact) mass is 366 g/mol. The lowest BCUT2D eigenvalue weighted by atomic mass is 9.97. The highest BCUT2D eigenvalue weighted by Crippen LogP contribution is 2.43. The average Bonchev–Trinajstić information content (AvgIpc) is 3.00. The van der Waals surface area contributed by atoms with Gasteiger partial charge in [-0.2, -0.15) is 13.2 Å². The van der Waals surface area contributed by atoms with Gasteiger partial charge in [0.1, 0.15) is 5.75 Å². The summed E-state index contributed by atoms with van der Waals surface area (Å²) in [5, 5.41) is 2.09. The number of nitrogens with zero attached hydrogens (tertiary/aromatic N) is 1. The Labute approximate surface area is 149 Å². The van der Waals surface area contributed by atoms with Gasteiger partial charge in [0.05, 0.1) is 6.61 Å². The van der Waals surface area contributed by atoms with Crippen LogP contribution in [0.2, 0.25) is 0 Å². The molecule has 0 bridgehead atoms. The third-order valence-electron chi connectivity index (χ3n) is 4.42. The molecule has 1 saturated heterocycles. The molecule has 7 heteroatoms. The number of halogens is 3. The van der Waals surface area contributed by atoms with Crippen molar-refractivity contribution in [3.8, 4) is 5.75 Å². The maximum absolute atomic E-state index is 13.9. The van der Waals surface area contributed by atoms with Crippen LogP contribution >= 0.6 is 0 Å². The summed E-state index contributed by atoms with van der Waals surface area (Å²) >= 11 is 0. The Hall–Kier alpha value is -2.28. The zero-order chi connectivity index (χ0) is 18.7. The van der Waals surface area contributed by atoms with Gasteiger partial charge >= 0.3 is 6.18 Å². The minimum atomic E-state index is -4.54. The summed E-state index contributed by atoms with van der Waals surface area (Å²) in [7, 11) is 0. The molecule has 2 aromatic carbocycles. The molecule has 1 aliphatic heterocycles. The van der Waals surface area contributed by atoms with E-state index in [9.17, 15) is 18.0 Å². The van der Waals surface area contributed by atoms with Gasteiger partial charge in [-0.05, 0) is 23.4 Å². The van der Waals surface area contributed by atoms with Gasteiger partial charge in [0.2, 0.25) is 5.91 Å². The number of hydrogen-bond acceptors (Lipinski definition) is 3. The van der Waals surface area contributed by atoms with Crippen molar-refractivity contribution in [2.24, 2.45) is 0 Å². The summed E-state index contributed by atoms with van der Waals surface area (Å²) in [5.41, 5.74) is 2.42. The van der Waals surface area contributed by atoms with Crippen LogP contribution in [-0.2, 0) is 4.79 Å². The minimum absolute atomic E-state index is 0.0122. The normalized spacial score (nSPS) is 16.7. The quantitative estimate of drug-likeness (QED) is 0.773. The number of amides is 1. The number of fused-ring (bicyclic) bond motifs is 1. The van der Waals surface area contributed by atoms with Crippen LogP contribution in [0.5, 0.6) is 5.75 Å². The van der Waals surface area contributed by atoms with Crippen molar-refractivity contribution < 1.29 is 22.7 Å². The van der Waals surface area contributed by atoms with E-state index in [0.29, 0.717) is 23.1 Å². The first-order valence-electron chi connectivity index (χ1n) is 8.69. The molecule has 1 fully saturated rings. The molecule has 26 heavy (non-hydrogen) atoms. The number of hydrogen-bond donors (Lipinski definition) is 1. The number of benzene rings is 2. The molecule has 3 rings (SSSR count). The lowest BCUT2D eigenvalue weighted by Gasteiger charge is -2.30. The number of carbonyl (C=O) groups is 1. The second-order valence-electron chi connectivity index (χ2n) is 6.33. The first-order valence-corrected chi connectivity index (χ1v) is 8.69. The second kappa shape index (κ2) is 7.53. The first-order chi connectivity index (χ1) is 12.4. The molecule has 0 unspecified atom stereocenters. The van der Waals surface area contributed by atoms with Crippen molar-refractivity contribution in [1.82, 2.24) is 10.4 Å². The van der Waals surface area contributed by atoms with E-state index >= 15 is 0 Å². The lowest BCUT2D eigenvalue weighted by molar-refractivity contribution is -0.190. The summed E-state index contributed by atoms with van der Waals surface area (Å²) in [6.45, 7) is 2.48. The van der Waals surface area contributed by atoms with Crippen LogP contribution in [-0.4, -0.2) is 30.2 Å². The van der Waals surface area contributed by atoms with Crippen molar-refractivity contribution in [3.05, 3.63) is 42.0 Å². The number of unbranched alkanes of at least 4 members (excludes halogenated alkanes) is 1. The molecule has 140 valence electrons. The number of carbonyl (C=O) groups excluding carboxylic acids is 1. The molecule has 2 aromatic rings. The number of hydrazine groups is 1. The van der Waals surface area contributed by atoms with E-state index in [1.165, 1.54) is 6.07 Å². The van der Waals surface area contributed by atoms with E-state index < -0.39 is 18.1 Å². The van der Waals surface area contributed by atoms with Crippen molar-refractivity contribution >= 4 is 16.7 Å². The number of rotatable bonds is 6. The smallest absolute Gasteiger partial charge is 0.409 e. The second-order valence-corrected chi connectivity index (χ2v) is 6.33. The van der Waals surface area contributed by atoms with E-state index in [-0.39, 0.29) is 18.5 Å². The number of alkyl halides is 3. The Balaban J connectivity index is 2.10. The van der Waals surface area contributed by atoms with Crippen molar-refractivity contribution in [2.45, 2.75) is 38.4 Å². The van der Waals surface area contributed by atoms with Gasteiger partial charge in [0, 0.05) is 18.4 Å². The minimum Gasteiger partial charge on any atom is -0.493 e. The van der Waals surface area contributed by atoms with E-state index in [2.05, 4.69) is 5.43 Å². The summed E-state index contributed by atoms with van der Waals surface area (Å²) in [5.74, 6) is 0.0326. The molecule has 1 heterocycles. The van der Waals surface area contributed by atoms with Gasteiger partial charge < -0.3 is 4.74 Å². The number of nitrogens with one attached hydrogen (secondary N) is 1. The molecule has 1 N–H and O–H groups in total. The fourth-order valence-corrected chi connectivity index (χ4v) is 3.22. The Morgan fingerprint density at radius 2 is 1.96 bits per heavy atom. The topological polar surface area (TPSA) is 41.6 Å². The molecular weight excluding hydrogens is 345 g/mol. The Morgan fingerprint density at radius 3 is 2.58 bits per heavy atom. The molecule has 0 aromatic heterocycles. The van der Waals surface area contributed by atoms with Crippen molar-refractivity contribution in [3.63, 3.8) is 0 Å². The standard InChI is InChI=1S/C19H21F3N2O2/c1-2-3-12-26-15-9-5-7-13-6-4-8-14(17(13)15)18(19(20,21)22)24-11-10-16(25)23-24/h4-9,18H,2-3,10-12H2,1H3,(H,23,25)/t18-/m0/s1. The van der Waals surface area contributed by atoms with Crippen LogP contribution in [0.15, 0.2) is 36.4 Å². The van der Waals surface area contributed by atoms with Gasteiger partial charge in [-0.1, -0.05) is 43.7 Å². The zero-order valence-electron chi connectivity index (χ0n) is 14.5. The van der Waals surface area contributed by atoms with Crippen LogP contribution in [0.3, 0.4) is 0 Å². The van der Waals surface area contributed by atoms with Crippen LogP contribution in [0, 0.1) is 0 Å². The van der Waals surface area contributed by atoms with Crippen molar-refractivity contribution in [1.29, 1.82) is 0 Å². The predicted octanol–water partition coefficient (Wildman–Crippen LogP) is 4.36. The molecule has 4 nitrogen and oxygen atoms in total. The number of ether oxygens (including phenoxy) is 1. The SMILES string of the molecule is CCCCOc1cccc2cccc([C@H](N3CCC(=O)N3)C(F)(F)F)c12. The molecule has 0 spiro atoms. The average molecular weight is 366 g/mol. The summed E-state index contributed by atoms with van der Waals surface area (Å²) < 4.78 is 47.5. The maximum Gasteiger partial charge on any atom is 0.409 e. The fourth-order valence-electron chi connectivity index (χ4n) is 3.22. The maximum atomic E-state index is 13.9. The van der Waals surface area contributed by atoms with Gasteiger partial charge in [0.25, 0.3) is 0 Å². The van der Waals surface area contributed by atoms with Crippen molar-refractivity contribution in [2.75, 3.05) is 13.2 Å². The van der Waals surface area contributed by atoms with Gasteiger partial charge in [-0.3, -0.25) is 10.2 Å². The first kappa shape index (κ1) is 18.5. The summed E-state index contributed by atoms with van der Waals surface area (Å²) in [4.78, 5) is 11.5. The van der Waals surface area contributed by atoms with Crippen LogP contribution in [0.25, 0.3) is 10.8 Å². The molecule has 0 saturated carbocycles. The highest BCUT2D eigenvalue weighted by molar-refractivity contribution is 5.92. The van der Waals surface area contributed by atoms with E-state index in [0.717, 1.165) is 17.9 Å². The van der Waals surface area contributed by atoms with E-state index in [1.54, 1.807) is 30.3 Å². The molecule has 1 atom stereocenters. The zero-order valence-corrected chi connectivity index (χ0v) is 14.5. The Morgan fingerprint density at radius 1 is 1.23 bits per heavy atom. The molecular formula is C19H21F3N2O2. The summed E-state index contributed by atoms with van der Waals surface area (Å²) in [6, 6.07) is 8.13. The molecule has 0 aliphatic carbocycles. The van der Waals surface area contributed by atoms with E-state index in [4.69, 9.17) is 4.74 Å². The summed E-state index contributed by atoms with van der Waals surface area (Å²) in [6.07, 6.45) is -2.73. The van der Waals surface area contributed by atoms with Crippen LogP contribution in [0.4, 0.5) is 13.2 Å². The molecule has 1 aliphatic rings. The van der Waals surface area contributed by atoms with Gasteiger partial charge in [0.15, 0.2) is 6.04 Å². The van der Waals surface area contributed by atoms with Crippen LogP contribution in [0.1, 0.15) is 37.8 Å². The molecule has 1 amide bonds. The third kappa shape index (κ3) is 3.77. The van der Waals surface area contributed by atoms with Gasteiger partial charge in [-0.25, -0.2) is 5.01 Å². The highest BCUT2D eigenvalue weighted by Gasteiger charge is 2.47. The fraction of sp³-hybridized carbons (Fsp3) is 0.421. The lowest BCUT2D eigenvalue weighted by Crippen LogP contribution is -2.43. The van der Waals surface area contributed by atoms with Gasteiger partial charge in [-0.15, -0.1) is 0 Å². The largest absolute Gasteiger partial charge is 0.493 e.